The second-order valence-electron chi connectivity index (χ2n) is 7.68. The van der Waals surface area contributed by atoms with Crippen LogP contribution in [0.4, 0.5) is 4.39 Å². The number of carbonyl (C=O) groups excluding carboxylic acids is 1. The summed E-state index contributed by atoms with van der Waals surface area (Å²) in [5.74, 6) is 1.07. The fraction of sp³-hybridized carbons (Fsp3) is 0.192. The molecule has 0 aliphatic carbocycles. The van der Waals surface area contributed by atoms with Crippen molar-refractivity contribution in [2.24, 2.45) is 0 Å². The van der Waals surface area contributed by atoms with Crippen molar-refractivity contribution in [1.82, 2.24) is 19.7 Å². The van der Waals surface area contributed by atoms with E-state index in [2.05, 4.69) is 10.2 Å². The average molecular weight is 493 g/mol. The molecule has 180 valence electrons. The minimum Gasteiger partial charge on any atom is -0.497 e. The van der Waals surface area contributed by atoms with Crippen LogP contribution in [0.1, 0.15) is 11.4 Å². The Labute approximate surface area is 207 Å². The Kier molecular flexibility index (Phi) is 7.99. The number of rotatable bonds is 10. The Balaban J connectivity index is 1.46. The average Bonchev–Trinajstić information content (AvgIpc) is 3.30. The third-order valence-electron chi connectivity index (χ3n) is 5.21. The molecule has 0 bridgehead atoms. The summed E-state index contributed by atoms with van der Waals surface area (Å²) in [4.78, 5) is 14.5. The SMILES string of the molecule is COc1cccc(CN(C)C(=O)CSc2nnc(COc3ccccc3F)n2-c2ccccc2)c1. The summed E-state index contributed by atoms with van der Waals surface area (Å²) in [7, 11) is 3.38. The molecule has 35 heavy (non-hydrogen) atoms. The van der Waals surface area contributed by atoms with Gasteiger partial charge in [-0.2, -0.15) is 0 Å². The molecule has 0 unspecified atom stereocenters. The molecule has 0 saturated heterocycles. The topological polar surface area (TPSA) is 69.5 Å². The van der Waals surface area contributed by atoms with E-state index in [4.69, 9.17) is 9.47 Å². The molecule has 0 radical (unpaired) electrons. The zero-order valence-electron chi connectivity index (χ0n) is 19.4. The monoisotopic (exact) mass is 492 g/mol. The quantitative estimate of drug-likeness (QED) is 0.298. The van der Waals surface area contributed by atoms with Crippen LogP contribution < -0.4 is 9.47 Å². The van der Waals surface area contributed by atoms with Crippen molar-refractivity contribution >= 4 is 17.7 Å². The predicted molar refractivity (Wildman–Crippen MR) is 132 cm³/mol. The van der Waals surface area contributed by atoms with Crippen LogP contribution in [0, 0.1) is 5.82 Å². The third kappa shape index (κ3) is 6.19. The number of thioether (sulfide) groups is 1. The van der Waals surface area contributed by atoms with Gasteiger partial charge in [-0.25, -0.2) is 4.39 Å². The maximum Gasteiger partial charge on any atom is 0.233 e. The molecular formula is C26H25FN4O3S. The van der Waals surface area contributed by atoms with E-state index in [-0.39, 0.29) is 24.0 Å². The highest BCUT2D eigenvalue weighted by atomic mass is 32.2. The minimum absolute atomic E-state index is 0.0209. The lowest BCUT2D eigenvalue weighted by atomic mass is 10.2. The van der Waals surface area contributed by atoms with E-state index in [0.717, 1.165) is 17.0 Å². The van der Waals surface area contributed by atoms with Crippen molar-refractivity contribution in [3.8, 4) is 17.2 Å². The molecule has 3 aromatic carbocycles. The minimum atomic E-state index is -0.447. The molecular weight excluding hydrogens is 467 g/mol. The maximum atomic E-state index is 14.0. The fourth-order valence-electron chi connectivity index (χ4n) is 3.40. The second-order valence-corrected chi connectivity index (χ2v) is 8.62. The molecule has 0 saturated carbocycles. The molecule has 1 amide bonds. The second kappa shape index (κ2) is 11.5. The number of amides is 1. The smallest absolute Gasteiger partial charge is 0.233 e. The number of benzene rings is 3. The molecule has 9 heteroatoms. The number of hydrogen-bond acceptors (Lipinski definition) is 6. The molecule has 4 aromatic rings. The van der Waals surface area contributed by atoms with Crippen LogP contribution in [-0.4, -0.2) is 45.5 Å². The molecule has 1 heterocycles. The lowest BCUT2D eigenvalue weighted by Gasteiger charge is -2.17. The molecule has 0 aliphatic heterocycles. The van der Waals surface area contributed by atoms with Gasteiger partial charge in [0.15, 0.2) is 22.5 Å². The summed E-state index contributed by atoms with van der Waals surface area (Å²) in [6.07, 6.45) is 0. The lowest BCUT2D eigenvalue weighted by Crippen LogP contribution is -2.27. The van der Waals surface area contributed by atoms with Gasteiger partial charge in [0.1, 0.15) is 12.4 Å². The van der Waals surface area contributed by atoms with Gasteiger partial charge in [-0.05, 0) is 42.0 Å². The first-order chi connectivity index (χ1) is 17.0. The molecule has 0 N–H and O–H groups in total. The Hall–Kier alpha value is -3.85. The first-order valence-electron chi connectivity index (χ1n) is 10.9. The largest absolute Gasteiger partial charge is 0.497 e. The highest BCUT2D eigenvalue weighted by Crippen LogP contribution is 2.24. The third-order valence-corrected chi connectivity index (χ3v) is 6.13. The Morgan fingerprint density at radius 3 is 2.57 bits per heavy atom. The van der Waals surface area contributed by atoms with Crippen molar-refractivity contribution in [2.75, 3.05) is 19.9 Å². The van der Waals surface area contributed by atoms with Gasteiger partial charge in [0.25, 0.3) is 0 Å². The molecule has 0 aliphatic rings. The van der Waals surface area contributed by atoms with E-state index in [1.54, 1.807) is 37.3 Å². The Morgan fingerprint density at radius 2 is 1.80 bits per heavy atom. The van der Waals surface area contributed by atoms with Crippen molar-refractivity contribution in [2.45, 2.75) is 18.3 Å². The van der Waals surface area contributed by atoms with Crippen molar-refractivity contribution in [3.63, 3.8) is 0 Å². The molecule has 0 fully saturated rings. The van der Waals surface area contributed by atoms with E-state index in [1.807, 2.05) is 59.2 Å². The normalized spacial score (nSPS) is 10.7. The van der Waals surface area contributed by atoms with Crippen LogP contribution in [0.2, 0.25) is 0 Å². The van der Waals surface area contributed by atoms with E-state index in [1.165, 1.54) is 17.8 Å². The number of carbonyl (C=O) groups is 1. The lowest BCUT2D eigenvalue weighted by molar-refractivity contribution is -0.127. The van der Waals surface area contributed by atoms with E-state index < -0.39 is 5.82 Å². The van der Waals surface area contributed by atoms with Gasteiger partial charge in [0.2, 0.25) is 5.91 Å². The van der Waals surface area contributed by atoms with Gasteiger partial charge in [0, 0.05) is 19.3 Å². The highest BCUT2D eigenvalue weighted by molar-refractivity contribution is 7.99. The zero-order valence-corrected chi connectivity index (χ0v) is 20.2. The summed E-state index contributed by atoms with van der Waals surface area (Å²) in [6.45, 7) is 0.483. The van der Waals surface area contributed by atoms with Crippen molar-refractivity contribution in [3.05, 3.63) is 96.1 Å². The van der Waals surface area contributed by atoms with Gasteiger partial charge < -0.3 is 14.4 Å². The van der Waals surface area contributed by atoms with Gasteiger partial charge in [-0.1, -0.05) is 54.2 Å². The summed E-state index contributed by atoms with van der Waals surface area (Å²) < 4.78 is 26.7. The first kappa shape index (κ1) is 24.3. The highest BCUT2D eigenvalue weighted by Gasteiger charge is 2.18. The standard InChI is InChI=1S/C26H25FN4O3S/c1-30(16-19-9-8-12-21(15-19)33-2)25(32)18-35-26-29-28-24(31(26)20-10-4-3-5-11-20)17-34-23-14-7-6-13-22(23)27/h3-15H,16-18H2,1-2H3. The molecule has 0 atom stereocenters. The maximum absolute atomic E-state index is 14.0. The van der Waals surface area contributed by atoms with E-state index in [0.29, 0.717) is 17.5 Å². The summed E-state index contributed by atoms with van der Waals surface area (Å²) >= 11 is 1.29. The fourth-order valence-corrected chi connectivity index (χ4v) is 4.31. The van der Waals surface area contributed by atoms with Gasteiger partial charge in [0.05, 0.1) is 12.9 Å². The number of aromatic nitrogens is 3. The first-order valence-corrected chi connectivity index (χ1v) is 11.9. The number of halogens is 1. The van der Waals surface area contributed by atoms with Crippen LogP contribution in [0.25, 0.3) is 5.69 Å². The molecule has 1 aromatic heterocycles. The van der Waals surface area contributed by atoms with E-state index >= 15 is 0 Å². The Bertz CT molecular complexity index is 1280. The summed E-state index contributed by atoms with van der Waals surface area (Å²) in [5, 5.41) is 9.08. The predicted octanol–water partition coefficient (Wildman–Crippen LogP) is 4.74. The van der Waals surface area contributed by atoms with E-state index in [9.17, 15) is 9.18 Å². The molecule has 4 rings (SSSR count). The summed E-state index contributed by atoms with van der Waals surface area (Å²) in [6, 6.07) is 23.4. The number of nitrogens with zero attached hydrogens (tertiary/aromatic N) is 4. The van der Waals surface area contributed by atoms with Gasteiger partial charge in [-0.15, -0.1) is 10.2 Å². The van der Waals surface area contributed by atoms with Crippen molar-refractivity contribution < 1.29 is 18.7 Å². The molecule has 7 nitrogen and oxygen atoms in total. The Morgan fingerprint density at radius 1 is 1.03 bits per heavy atom. The number of ether oxygens (including phenoxy) is 2. The number of methoxy groups -OCH3 is 1. The van der Waals surface area contributed by atoms with Gasteiger partial charge in [-0.3, -0.25) is 9.36 Å². The van der Waals surface area contributed by atoms with Crippen LogP contribution in [-0.2, 0) is 17.9 Å². The van der Waals surface area contributed by atoms with Crippen LogP contribution >= 0.6 is 11.8 Å². The molecule has 0 spiro atoms. The number of para-hydroxylation sites is 2. The van der Waals surface area contributed by atoms with Crippen molar-refractivity contribution in [1.29, 1.82) is 0 Å². The zero-order chi connectivity index (χ0) is 24.6. The van der Waals surface area contributed by atoms with Crippen LogP contribution in [0.5, 0.6) is 11.5 Å². The number of hydrogen-bond donors (Lipinski definition) is 0. The van der Waals surface area contributed by atoms with Gasteiger partial charge >= 0.3 is 0 Å². The summed E-state index contributed by atoms with van der Waals surface area (Å²) in [5.41, 5.74) is 1.80. The van der Waals surface area contributed by atoms with Crippen LogP contribution in [0.15, 0.2) is 84.0 Å². The van der Waals surface area contributed by atoms with Crippen LogP contribution in [0.3, 0.4) is 0 Å².